The first-order chi connectivity index (χ1) is 11.7. The van der Waals surface area contributed by atoms with E-state index in [1.54, 1.807) is 24.5 Å². The van der Waals surface area contributed by atoms with Crippen molar-refractivity contribution in [2.75, 3.05) is 18.3 Å². The Labute approximate surface area is 147 Å². The fourth-order valence-corrected chi connectivity index (χ4v) is 2.93. The second kappa shape index (κ2) is 7.37. The molecule has 0 spiro atoms. The molecule has 0 radical (unpaired) electrons. The summed E-state index contributed by atoms with van der Waals surface area (Å²) in [5, 5.41) is 13.2. The molecule has 0 aliphatic heterocycles. The Bertz CT molecular complexity index is 808. The Morgan fingerprint density at radius 2 is 2.29 bits per heavy atom. The molecule has 8 nitrogen and oxygen atoms in total. The maximum atomic E-state index is 6.34. The zero-order chi connectivity index (χ0) is 16.9. The van der Waals surface area contributed by atoms with Crippen molar-refractivity contribution in [2.24, 2.45) is 0 Å². The molecule has 24 heavy (non-hydrogen) atoms. The number of nitrogen functional groups attached to an aromatic ring is 1. The zero-order valence-electron chi connectivity index (χ0n) is 12.8. The highest BCUT2D eigenvalue weighted by molar-refractivity contribution is 7.09. The molecule has 0 saturated carbocycles. The monoisotopic (exact) mass is 366 g/mol. The molecule has 0 bridgehead atoms. The Morgan fingerprint density at radius 3 is 2.96 bits per heavy atom. The van der Waals surface area contributed by atoms with Gasteiger partial charge in [0.05, 0.1) is 18.7 Å². The van der Waals surface area contributed by atoms with E-state index in [1.165, 1.54) is 4.79 Å². The molecular weight excluding hydrogens is 352 g/mol. The molecule has 126 valence electrons. The van der Waals surface area contributed by atoms with E-state index in [-0.39, 0.29) is 5.95 Å². The van der Waals surface area contributed by atoms with Crippen LogP contribution in [0.4, 0.5) is 5.95 Å². The lowest BCUT2D eigenvalue weighted by Gasteiger charge is -2.14. The molecule has 0 aliphatic rings. The number of tetrazole rings is 1. The topological polar surface area (TPSA) is 100 Å². The number of hydrogen-bond donors (Lipinski definition) is 2. The molecule has 3 aromatic rings. The van der Waals surface area contributed by atoms with Gasteiger partial charge in [0.15, 0.2) is 11.5 Å². The van der Waals surface area contributed by atoms with Crippen LogP contribution in [0.2, 0.25) is 5.02 Å². The first-order valence-corrected chi connectivity index (χ1v) is 8.22. The number of anilines is 1. The normalized spacial score (nSPS) is 10.6. The number of nitrogens with one attached hydrogen (secondary N) is 1. The van der Waals surface area contributed by atoms with E-state index in [0.717, 1.165) is 10.4 Å². The number of hydrogen-bond acceptors (Lipinski definition) is 8. The molecule has 0 unspecified atom stereocenters. The highest BCUT2D eigenvalue weighted by Crippen LogP contribution is 2.37. The van der Waals surface area contributed by atoms with Gasteiger partial charge in [0, 0.05) is 4.88 Å². The number of nitrogens with two attached hydrogens (primary N) is 1. The van der Waals surface area contributed by atoms with Gasteiger partial charge in [-0.1, -0.05) is 22.8 Å². The molecule has 0 aliphatic carbocycles. The van der Waals surface area contributed by atoms with Gasteiger partial charge in [-0.25, -0.2) is 0 Å². The highest BCUT2D eigenvalue weighted by Gasteiger charge is 2.13. The van der Waals surface area contributed by atoms with Crippen LogP contribution in [0.5, 0.6) is 11.5 Å². The lowest BCUT2D eigenvalue weighted by Crippen LogP contribution is -2.18. The fourth-order valence-electron chi connectivity index (χ4n) is 2.03. The molecule has 0 saturated heterocycles. The lowest BCUT2D eigenvalue weighted by atomic mass is 10.2. The second-order valence-electron chi connectivity index (χ2n) is 4.76. The Morgan fingerprint density at radius 1 is 1.42 bits per heavy atom. The standard InChI is InChI=1S/C14H15ClN6O2S/c1-22-12-6-9(7-17-21-14(16)18-19-20-21)5-11(15)13(12)23-8-10-3-2-4-24-10/h2-6,17H,7-8H2,1H3,(H2,16,18,20). The van der Waals surface area contributed by atoms with Gasteiger partial charge in [-0.3, -0.25) is 0 Å². The summed E-state index contributed by atoms with van der Waals surface area (Å²) in [5.41, 5.74) is 9.43. The molecule has 1 aromatic carbocycles. The van der Waals surface area contributed by atoms with Crippen molar-refractivity contribution in [2.45, 2.75) is 13.2 Å². The number of nitrogens with zero attached hydrogens (tertiary/aromatic N) is 4. The summed E-state index contributed by atoms with van der Waals surface area (Å²) in [6.45, 7) is 0.850. The van der Waals surface area contributed by atoms with Crippen molar-refractivity contribution in [1.82, 2.24) is 20.3 Å². The smallest absolute Gasteiger partial charge is 0.260 e. The van der Waals surface area contributed by atoms with Crippen molar-refractivity contribution in [3.8, 4) is 11.5 Å². The maximum Gasteiger partial charge on any atom is 0.260 e. The van der Waals surface area contributed by atoms with E-state index in [0.29, 0.717) is 29.7 Å². The third-order valence-electron chi connectivity index (χ3n) is 3.15. The molecule has 2 aromatic heterocycles. The van der Waals surface area contributed by atoms with Crippen molar-refractivity contribution in [3.63, 3.8) is 0 Å². The Balaban J connectivity index is 1.73. The van der Waals surface area contributed by atoms with Crippen LogP contribution in [-0.2, 0) is 13.2 Å². The predicted molar refractivity (Wildman–Crippen MR) is 91.9 cm³/mol. The van der Waals surface area contributed by atoms with E-state index < -0.39 is 0 Å². The van der Waals surface area contributed by atoms with Gasteiger partial charge >= 0.3 is 0 Å². The van der Waals surface area contributed by atoms with E-state index >= 15 is 0 Å². The van der Waals surface area contributed by atoms with E-state index in [2.05, 4.69) is 21.0 Å². The fraction of sp³-hybridized carbons (Fsp3) is 0.214. The minimum absolute atomic E-state index is 0.170. The summed E-state index contributed by atoms with van der Waals surface area (Å²) in [4.78, 5) is 2.38. The maximum absolute atomic E-state index is 6.34. The summed E-state index contributed by atoms with van der Waals surface area (Å²) in [6.07, 6.45) is 0. The van der Waals surface area contributed by atoms with Crippen molar-refractivity contribution >= 4 is 28.9 Å². The van der Waals surface area contributed by atoms with Crippen molar-refractivity contribution < 1.29 is 9.47 Å². The quantitative estimate of drug-likeness (QED) is 0.661. The molecule has 3 rings (SSSR count). The van der Waals surface area contributed by atoms with E-state index in [1.807, 2.05) is 23.6 Å². The number of methoxy groups -OCH3 is 1. The molecule has 10 heteroatoms. The number of benzene rings is 1. The molecule has 0 amide bonds. The minimum Gasteiger partial charge on any atom is -0.493 e. The molecule has 2 heterocycles. The van der Waals surface area contributed by atoms with Crippen molar-refractivity contribution in [3.05, 3.63) is 45.1 Å². The van der Waals surface area contributed by atoms with Crippen LogP contribution < -0.4 is 20.6 Å². The van der Waals surface area contributed by atoms with Crippen LogP contribution in [-0.4, -0.2) is 27.4 Å². The van der Waals surface area contributed by atoms with Crippen LogP contribution in [0.1, 0.15) is 10.4 Å². The summed E-state index contributed by atoms with van der Waals surface area (Å²) in [7, 11) is 1.57. The average Bonchev–Trinajstić information content (AvgIpc) is 3.23. The van der Waals surface area contributed by atoms with Gasteiger partial charge in [0.2, 0.25) is 0 Å². The van der Waals surface area contributed by atoms with E-state index in [9.17, 15) is 0 Å². The summed E-state index contributed by atoms with van der Waals surface area (Å²) in [5.74, 6) is 1.24. The molecular formula is C14H15ClN6O2S. The van der Waals surface area contributed by atoms with Crippen LogP contribution >= 0.6 is 22.9 Å². The number of aromatic nitrogens is 4. The first-order valence-electron chi connectivity index (χ1n) is 6.96. The van der Waals surface area contributed by atoms with Gasteiger partial charge in [-0.15, -0.1) is 16.1 Å². The zero-order valence-corrected chi connectivity index (χ0v) is 14.3. The van der Waals surface area contributed by atoms with Gasteiger partial charge < -0.3 is 20.6 Å². The summed E-state index contributed by atoms with van der Waals surface area (Å²) in [6, 6.07) is 7.60. The van der Waals surface area contributed by atoms with Gasteiger partial charge in [-0.2, -0.15) is 0 Å². The Hall–Kier alpha value is -2.52. The summed E-state index contributed by atoms with van der Waals surface area (Å²) < 4.78 is 11.2. The van der Waals surface area contributed by atoms with Crippen molar-refractivity contribution in [1.29, 1.82) is 0 Å². The van der Waals surface area contributed by atoms with Crippen LogP contribution in [0.3, 0.4) is 0 Å². The van der Waals surface area contributed by atoms with Gasteiger partial charge in [0.25, 0.3) is 5.95 Å². The van der Waals surface area contributed by atoms with E-state index in [4.69, 9.17) is 26.8 Å². The number of thiophene rings is 1. The van der Waals surface area contributed by atoms with Crippen LogP contribution in [0.25, 0.3) is 0 Å². The van der Waals surface area contributed by atoms with Crippen LogP contribution in [0.15, 0.2) is 29.6 Å². The molecule has 0 atom stereocenters. The van der Waals surface area contributed by atoms with Gasteiger partial charge in [0.1, 0.15) is 6.61 Å². The number of ether oxygens (including phenoxy) is 2. The third-order valence-corrected chi connectivity index (χ3v) is 4.29. The number of halogens is 1. The van der Waals surface area contributed by atoms with Gasteiger partial charge in [-0.05, 0) is 39.6 Å². The summed E-state index contributed by atoms with van der Waals surface area (Å²) >= 11 is 7.96. The van der Waals surface area contributed by atoms with Crippen LogP contribution in [0, 0.1) is 0 Å². The second-order valence-corrected chi connectivity index (χ2v) is 6.20. The third kappa shape index (κ3) is 3.69. The SMILES string of the molecule is COc1cc(CNn2nnnc2N)cc(Cl)c1OCc1cccs1. The molecule has 0 fully saturated rings. The predicted octanol–water partition coefficient (Wildman–Crippen LogP) is 2.30. The highest BCUT2D eigenvalue weighted by atomic mass is 35.5. The average molecular weight is 367 g/mol. The lowest BCUT2D eigenvalue weighted by molar-refractivity contribution is 0.287. The molecule has 3 N–H and O–H groups in total. The number of rotatable bonds is 7. The minimum atomic E-state index is 0.170. The largest absolute Gasteiger partial charge is 0.493 e. The Kier molecular flexibility index (Phi) is 5.02. The first kappa shape index (κ1) is 16.3.